The maximum absolute atomic E-state index is 12.6. The zero-order valence-corrected chi connectivity index (χ0v) is 15.1. The van der Waals surface area contributed by atoms with E-state index in [0.717, 1.165) is 25.9 Å². The number of sulfonamides is 1. The van der Waals surface area contributed by atoms with Crippen molar-refractivity contribution in [2.24, 2.45) is 0 Å². The van der Waals surface area contributed by atoms with E-state index in [1.807, 2.05) is 6.92 Å². The molecule has 1 aliphatic rings. The molecule has 0 unspecified atom stereocenters. The molecule has 1 saturated heterocycles. The Balaban J connectivity index is 2.01. The third kappa shape index (κ3) is 5.21. The lowest BCUT2D eigenvalue weighted by molar-refractivity contribution is -0.00311. The zero-order valence-electron chi connectivity index (χ0n) is 14.3. The monoisotopic (exact) mass is 354 g/mol. The number of anilines is 1. The van der Waals surface area contributed by atoms with Crippen LogP contribution in [0.25, 0.3) is 0 Å². The molecule has 1 atom stereocenters. The van der Waals surface area contributed by atoms with Crippen LogP contribution in [-0.2, 0) is 14.8 Å². The van der Waals surface area contributed by atoms with Crippen molar-refractivity contribution in [3.8, 4) is 0 Å². The van der Waals surface area contributed by atoms with Gasteiger partial charge >= 0.3 is 0 Å². The molecule has 1 aliphatic heterocycles. The maximum Gasteiger partial charge on any atom is 0.253 e. The molecular weight excluding hydrogens is 328 g/mol. The number of amides is 1. The summed E-state index contributed by atoms with van der Waals surface area (Å²) in [6.07, 6.45) is 3.33. The molecule has 1 aromatic carbocycles. The summed E-state index contributed by atoms with van der Waals surface area (Å²) in [6.45, 7) is 5.50. The van der Waals surface area contributed by atoms with Crippen LogP contribution in [0.4, 0.5) is 5.69 Å². The fourth-order valence-electron chi connectivity index (χ4n) is 2.67. The van der Waals surface area contributed by atoms with Crippen LogP contribution >= 0.6 is 0 Å². The molecule has 0 aromatic heterocycles. The Bertz CT molecular complexity index is 637. The van der Waals surface area contributed by atoms with Crippen LogP contribution in [-0.4, -0.2) is 50.8 Å². The van der Waals surface area contributed by atoms with Gasteiger partial charge in [0, 0.05) is 30.9 Å². The lowest BCUT2D eigenvalue weighted by Gasteiger charge is -2.29. The molecule has 0 saturated carbocycles. The number of rotatable bonds is 7. The standard InChI is InChI=1S/C17H26N2O4S/c1-3-19(13-16-7-5-6-12-23-16)17(20)14-8-10-15(11-9-14)18-24(21,22)4-2/h8-11,16,18H,3-7,12-13H2,1-2H3/t16-/m0/s1. The molecule has 1 heterocycles. The van der Waals surface area contributed by atoms with Gasteiger partial charge in [-0.15, -0.1) is 0 Å². The third-order valence-corrected chi connectivity index (χ3v) is 5.46. The summed E-state index contributed by atoms with van der Waals surface area (Å²) < 4.78 is 31.3. The molecule has 2 rings (SSSR count). The van der Waals surface area contributed by atoms with E-state index in [4.69, 9.17) is 4.74 Å². The molecule has 0 spiro atoms. The Morgan fingerprint density at radius 3 is 2.50 bits per heavy atom. The summed E-state index contributed by atoms with van der Waals surface area (Å²) in [7, 11) is -3.31. The molecule has 1 N–H and O–H groups in total. The van der Waals surface area contributed by atoms with E-state index in [2.05, 4.69) is 4.72 Å². The minimum Gasteiger partial charge on any atom is -0.376 e. The number of benzene rings is 1. The normalized spacial score (nSPS) is 18.2. The summed E-state index contributed by atoms with van der Waals surface area (Å²) in [5.74, 6) is -0.0461. The average molecular weight is 354 g/mol. The largest absolute Gasteiger partial charge is 0.376 e. The second kappa shape index (κ2) is 8.48. The molecule has 134 valence electrons. The first kappa shape index (κ1) is 18.7. The Morgan fingerprint density at radius 1 is 1.25 bits per heavy atom. The van der Waals surface area contributed by atoms with Gasteiger partial charge in [-0.25, -0.2) is 8.42 Å². The van der Waals surface area contributed by atoms with Gasteiger partial charge in [0.1, 0.15) is 0 Å². The van der Waals surface area contributed by atoms with Crippen LogP contribution in [0.3, 0.4) is 0 Å². The number of ether oxygens (including phenoxy) is 1. The number of likely N-dealkylation sites (N-methyl/N-ethyl adjacent to an activating group) is 1. The fourth-order valence-corrected chi connectivity index (χ4v) is 3.31. The number of nitrogens with one attached hydrogen (secondary N) is 1. The molecule has 0 aliphatic carbocycles. The van der Waals surface area contributed by atoms with Gasteiger partial charge in [0.05, 0.1) is 11.9 Å². The van der Waals surface area contributed by atoms with Crippen LogP contribution in [0.2, 0.25) is 0 Å². The SMILES string of the molecule is CCN(C[C@@H]1CCCCO1)C(=O)c1ccc(NS(=O)(=O)CC)cc1. The number of nitrogens with zero attached hydrogens (tertiary/aromatic N) is 1. The molecular formula is C17H26N2O4S. The van der Waals surface area contributed by atoms with Crippen LogP contribution in [0.15, 0.2) is 24.3 Å². The smallest absolute Gasteiger partial charge is 0.253 e. The van der Waals surface area contributed by atoms with Gasteiger partial charge in [0.25, 0.3) is 5.91 Å². The van der Waals surface area contributed by atoms with Gasteiger partial charge < -0.3 is 9.64 Å². The minimum absolute atomic E-state index is 0.0126. The molecule has 0 radical (unpaired) electrons. The lowest BCUT2D eigenvalue weighted by atomic mass is 10.1. The van der Waals surface area contributed by atoms with Crippen molar-refractivity contribution in [3.05, 3.63) is 29.8 Å². The predicted octanol–water partition coefficient (Wildman–Crippen LogP) is 2.48. The van der Waals surface area contributed by atoms with Gasteiger partial charge in [0.15, 0.2) is 0 Å². The highest BCUT2D eigenvalue weighted by molar-refractivity contribution is 7.92. The highest BCUT2D eigenvalue weighted by Gasteiger charge is 2.21. The first-order valence-corrected chi connectivity index (χ1v) is 10.1. The molecule has 24 heavy (non-hydrogen) atoms. The average Bonchev–Trinajstić information content (AvgIpc) is 2.60. The van der Waals surface area contributed by atoms with E-state index in [0.29, 0.717) is 24.3 Å². The van der Waals surface area contributed by atoms with Crippen LogP contribution in [0.5, 0.6) is 0 Å². The van der Waals surface area contributed by atoms with Crippen molar-refractivity contribution in [1.29, 1.82) is 0 Å². The fraction of sp³-hybridized carbons (Fsp3) is 0.588. The summed E-state index contributed by atoms with van der Waals surface area (Å²) in [4.78, 5) is 14.4. The minimum atomic E-state index is -3.31. The topological polar surface area (TPSA) is 75.7 Å². The van der Waals surface area contributed by atoms with Crippen molar-refractivity contribution < 1.29 is 17.9 Å². The lowest BCUT2D eigenvalue weighted by Crippen LogP contribution is -2.39. The number of carbonyl (C=O) groups is 1. The number of carbonyl (C=O) groups excluding carboxylic acids is 1. The molecule has 6 nitrogen and oxygen atoms in total. The first-order valence-electron chi connectivity index (χ1n) is 8.46. The van der Waals surface area contributed by atoms with Crippen LogP contribution < -0.4 is 4.72 Å². The van der Waals surface area contributed by atoms with Crippen molar-refractivity contribution in [3.63, 3.8) is 0 Å². The van der Waals surface area contributed by atoms with E-state index in [1.54, 1.807) is 36.1 Å². The summed E-state index contributed by atoms with van der Waals surface area (Å²) in [5, 5.41) is 0. The second-order valence-corrected chi connectivity index (χ2v) is 7.93. The van der Waals surface area contributed by atoms with Crippen molar-refractivity contribution in [1.82, 2.24) is 4.90 Å². The third-order valence-electron chi connectivity index (χ3n) is 4.15. The predicted molar refractivity (Wildman–Crippen MR) is 94.7 cm³/mol. The summed E-state index contributed by atoms with van der Waals surface area (Å²) >= 11 is 0. The highest BCUT2D eigenvalue weighted by atomic mass is 32.2. The van der Waals surface area contributed by atoms with Crippen molar-refractivity contribution in [2.75, 3.05) is 30.2 Å². The molecule has 1 aromatic rings. The van der Waals surface area contributed by atoms with Crippen LogP contribution in [0.1, 0.15) is 43.5 Å². The van der Waals surface area contributed by atoms with E-state index in [9.17, 15) is 13.2 Å². The molecule has 0 bridgehead atoms. The van der Waals surface area contributed by atoms with Crippen LogP contribution in [0, 0.1) is 0 Å². The first-order chi connectivity index (χ1) is 11.4. The second-order valence-electron chi connectivity index (χ2n) is 5.92. The van der Waals surface area contributed by atoms with Crippen molar-refractivity contribution >= 4 is 21.6 Å². The zero-order chi connectivity index (χ0) is 17.6. The molecule has 7 heteroatoms. The summed E-state index contributed by atoms with van der Waals surface area (Å²) in [6, 6.07) is 6.54. The number of hydrogen-bond acceptors (Lipinski definition) is 4. The van der Waals surface area contributed by atoms with E-state index >= 15 is 0 Å². The number of hydrogen-bond donors (Lipinski definition) is 1. The Hall–Kier alpha value is -1.60. The summed E-state index contributed by atoms with van der Waals surface area (Å²) in [5.41, 5.74) is 1.01. The molecule has 1 amide bonds. The Kier molecular flexibility index (Phi) is 6.62. The van der Waals surface area contributed by atoms with Crippen molar-refractivity contribution in [2.45, 2.75) is 39.2 Å². The van der Waals surface area contributed by atoms with E-state index < -0.39 is 10.0 Å². The Morgan fingerprint density at radius 2 is 1.96 bits per heavy atom. The van der Waals surface area contributed by atoms with Gasteiger partial charge in [-0.1, -0.05) is 0 Å². The quantitative estimate of drug-likeness (QED) is 0.816. The molecule has 1 fully saturated rings. The van der Waals surface area contributed by atoms with Gasteiger partial charge in [-0.3, -0.25) is 9.52 Å². The van der Waals surface area contributed by atoms with E-state index in [1.165, 1.54) is 0 Å². The van der Waals surface area contributed by atoms with Gasteiger partial charge in [-0.05, 0) is 57.4 Å². The maximum atomic E-state index is 12.6. The Labute approximate surface area is 144 Å². The van der Waals surface area contributed by atoms with Gasteiger partial charge in [0.2, 0.25) is 10.0 Å². The van der Waals surface area contributed by atoms with E-state index in [-0.39, 0.29) is 17.8 Å². The highest BCUT2D eigenvalue weighted by Crippen LogP contribution is 2.17. The van der Waals surface area contributed by atoms with Gasteiger partial charge in [-0.2, -0.15) is 0 Å².